The molecule has 0 radical (unpaired) electrons. The van der Waals surface area contributed by atoms with Crippen molar-refractivity contribution in [1.29, 1.82) is 0 Å². The smallest absolute Gasteiger partial charge is 0 e. The molecule has 0 bridgehead atoms. The van der Waals surface area contributed by atoms with Gasteiger partial charge in [0.2, 0.25) is 0 Å². The van der Waals surface area contributed by atoms with E-state index in [1.54, 1.807) is 12.1 Å². The summed E-state index contributed by atoms with van der Waals surface area (Å²) < 4.78 is 22.5. The van der Waals surface area contributed by atoms with Crippen molar-refractivity contribution in [3.63, 3.8) is 0 Å². The summed E-state index contributed by atoms with van der Waals surface area (Å²) in [5.41, 5.74) is 0.755. The minimum atomic E-state index is -0.735. The SMILES string of the molecule is OCC(O)c1ccccc1.[C-]#[O+].[C-]#[O+].[C-]#[O+].[Cr]. The molecule has 0 aromatic heterocycles. The van der Waals surface area contributed by atoms with Gasteiger partial charge in [-0.1, -0.05) is 30.3 Å². The summed E-state index contributed by atoms with van der Waals surface area (Å²) in [6.07, 6.45) is -0.735. The maximum atomic E-state index is 9.08. The van der Waals surface area contributed by atoms with Crippen molar-refractivity contribution in [2.45, 2.75) is 6.10 Å². The minimum Gasteiger partial charge on any atom is 0 e. The normalized spacial score (nSPS) is 8.00. The van der Waals surface area contributed by atoms with Crippen LogP contribution in [0.25, 0.3) is 0 Å². The van der Waals surface area contributed by atoms with E-state index in [1.807, 2.05) is 18.2 Å². The molecule has 2 N–H and O–H groups in total. The fourth-order valence-electron chi connectivity index (χ4n) is 0.781. The molecule has 0 spiro atoms. The molecule has 5 nitrogen and oxygen atoms in total. The van der Waals surface area contributed by atoms with Crippen LogP contribution < -0.4 is 0 Å². The van der Waals surface area contributed by atoms with Crippen molar-refractivity contribution in [3.05, 3.63) is 55.8 Å². The molecular formula is C11H10CrO5. The Morgan fingerprint density at radius 2 is 1.29 bits per heavy atom. The predicted molar refractivity (Wildman–Crippen MR) is 50.3 cm³/mol. The molecule has 0 aliphatic carbocycles. The van der Waals surface area contributed by atoms with E-state index in [9.17, 15) is 0 Å². The van der Waals surface area contributed by atoms with Crippen molar-refractivity contribution < 1.29 is 41.5 Å². The summed E-state index contributed by atoms with van der Waals surface area (Å²) in [6, 6.07) is 9.08. The van der Waals surface area contributed by atoms with Gasteiger partial charge in [0.05, 0.1) is 6.61 Å². The van der Waals surface area contributed by atoms with E-state index in [4.69, 9.17) is 24.2 Å². The maximum Gasteiger partial charge on any atom is 0 e. The van der Waals surface area contributed by atoms with Crippen molar-refractivity contribution in [2.75, 3.05) is 6.61 Å². The van der Waals surface area contributed by atoms with E-state index in [0.29, 0.717) is 0 Å². The van der Waals surface area contributed by atoms with Crippen LogP contribution >= 0.6 is 0 Å². The van der Waals surface area contributed by atoms with Crippen LogP contribution in [0.3, 0.4) is 0 Å². The molecule has 17 heavy (non-hydrogen) atoms. The average Bonchev–Trinajstić information content (AvgIpc) is 2.45. The van der Waals surface area contributed by atoms with Gasteiger partial charge in [-0.2, -0.15) is 0 Å². The summed E-state index contributed by atoms with van der Waals surface area (Å²) in [6.45, 7) is 13.3. The maximum absolute atomic E-state index is 9.08. The van der Waals surface area contributed by atoms with E-state index in [-0.39, 0.29) is 24.0 Å². The van der Waals surface area contributed by atoms with E-state index in [2.05, 4.69) is 20.0 Å². The van der Waals surface area contributed by atoms with Gasteiger partial charge in [-0.05, 0) is 5.56 Å². The van der Waals surface area contributed by atoms with Gasteiger partial charge in [0, 0.05) is 17.4 Å². The first-order chi connectivity index (χ1) is 7.84. The Morgan fingerprint density at radius 1 is 0.941 bits per heavy atom. The summed E-state index contributed by atoms with van der Waals surface area (Å²) in [5, 5.41) is 17.6. The van der Waals surface area contributed by atoms with Crippen LogP contribution in [0.4, 0.5) is 0 Å². The molecule has 6 heteroatoms. The van der Waals surface area contributed by atoms with Gasteiger partial charge in [0.25, 0.3) is 0 Å². The monoisotopic (exact) mass is 274 g/mol. The molecule has 0 amide bonds. The Labute approximate surface area is 110 Å². The standard InChI is InChI=1S/C8H10O2.3CO.Cr/c9-6-8(10)7-4-2-1-3-5-7;3*1-2;/h1-5,8-10H,6H2;;;;. The number of aliphatic hydroxyl groups is 2. The zero-order chi connectivity index (χ0) is 13.4. The molecular weight excluding hydrogens is 264 g/mol. The van der Waals surface area contributed by atoms with E-state index in [0.717, 1.165) is 5.56 Å². The molecule has 1 rings (SSSR count). The van der Waals surface area contributed by atoms with Gasteiger partial charge in [0.1, 0.15) is 6.10 Å². The van der Waals surface area contributed by atoms with Crippen molar-refractivity contribution in [2.24, 2.45) is 0 Å². The summed E-state index contributed by atoms with van der Waals surface area (Å²) in [5.74, 6) is 0. The molecule has 0 aliphatic heterocycles. The van der Waals surface area contributed by atoms with E-state index >= 15 is 0 Å². The van der Waals surface area contributed by atoms with Crippen LogP contribution in [0.15, 0.2) is 30.3 Å². The number of hydrogen-bond donors (Lipinski definition) is 2. The van der Waals surface area contributed by atoms with Crippen molar-refractivity contribution >= 4 is 0 Å². The van der Waals surface area contributed by atoms with Crippen molar-refractivity contribution in [1.82, 2.24) is 0 Å². The molecule has 0 fully saturated rings. The second-order valence-electron chi connectivity index (χ2n) is 2.11. The third-order valence-corrected chi connectivity index (χ3v) is 1.36. The second-order valence-corrected chi connectivity index (χ2v) is 2.11. The Balaban J connectivity index is -0.000000106. The van der Waals surface area contributed by atoms with E-state index < -0.39 is 6.10 Å². The first-order valence-electron chi connectivity index (χ1n) is 3.79. The summed E-state index contributed by atoms with van der Waals surface area (Å²) in [7, 11) is 0. The first-order valence-corrected chi connectivity index (χ1v) is 3.79. The van der Waals surface area contributed by atoms with Crippen LogP contribution in [0.2, 0.25) is 0 Å². The molecule has 0 heterocycles. The fraction of sp³-hybridized carbons (Fsp3) is 0.182. The second kappa shape index (κ2) is 24.2. The quantitative estimate of drug-likeness (QED) is 0.609. The molecule has 0 aliphatic rings. The van der Waals surface area contributed by atoms with Crippen LogP contribution in [0.5, 0.6) is 0 Å². The van der Waals surface area contributed by atoms with Gasteiger partial charge < -0.3 is 10.2 Å². The number of hydrogen-bond acceptors (Lipinski definition) is 2. The van der Waals surface area contributed by atoms with Crippen LogP contribution in [-0.4, -0.2) is 16.8 Å². The van der Waals surface area contributed by atoms with Gasteiger partial charge >= 0.3 is 33.9 Å². The number of rotatable bonds is 2. The molecule has 0 saturated carbocycles. The molecule has 90 valence electrons. The molecule has 1 aromatic rings. The average molecular weight is 274 g/mol. The zero-order valence-corrected chi connectivity index (χ0v) is 9.97. The van der Waals surface area contributed by atoms with Gasteiger partial charge in [-0.15, -0.1) is 0 Å². The summed E-state index contributed by atoms with van der Waals surface area (Å²) in [4.78, 5) is 0. The third-order valence-electron chi connectivity index (χ3n) is 1.36. The van der Waals surface area contributed by atoms with E-state index in [1.165, 1.54) is 0 Å². The molecule has 0 saturated heterocycles. The Bertz CT molecular complexity index is 279. The first kappa shape index (κ1) is 24.9. The van der Waals surface area contributed by atoms with Gasteiger partial charge in [-0.25, -0.2) is 0 Å². The van der Waals surface area contributed by atoms with Crippen LogP contribution in [0.1, 0.15) is 11.7 Å². The summed E-state index contributed by atoms with van der Waals surface area (Å²) >= 11 is 0. The molecule has 1 aromatic carbocycles. The molecule has 1 atom stereocenters. The Morgan fingerprint density at radius 3 is 1.59 bits per heavy atom. The topological polar surface area (TPSA) is 100 Å². The minimum absolute atomic E-state index is 0. The zero-order valence-electron chi connectivity index (χ0n) is 8.70. The van der Waals surface area contributed by atoms with Crippen LogP contribution in [0, 0.1) is 20.0 Å². The molecule has 1 unspecified atom stereocenters. The van der Waals surface area contributed by atoms with Gasteiger partial charge in [0.15, 0.2) is 0 Å². The largest absolute Gasteiger partial charge is 0 e. The number of aliphatic hydroxyl groups excluding tert-OH is 2. The number of benzene rings is 1. The Hall–Kier alpha value is -1.11. The Kier molecular flexibility index (Phi) is 35.5. The predicted octanol–water partition coefficient (Wildman–Crippen LogP) is 0.597. The fourth-order valence-corrected chi connectivity index (χ4v) is 0.781. The van der Waals surface area contributed by atoms with Crippen LogP contribution in [-0.2, 0) is 31.3 Å². The van der Waals surface area contributed by atoms with Gasteiger partial charge in [-0.3, -0.25) is 0 Å². The third kappa shape index (κ3) is 14.9. The van der Waals surface area contributed by atoms with Crippen molar-refractivity contribution in [3.8, 4) is 0 Å².